The first kappa shape index (κ1) is 14.0. The van der Waals surface area contributed by atoms with Crippen molar-refractivity contribution in [2.45, 2.75) is 19.3 Å². The Morgan fingerprint density at radius 2 is 1.94 bits per heavy atom. The molecular formula is C13H19ClN2O. The topological polar surface area (TPSA) is 46.3 Å². The van der Waals surface area contributed by atoms with Crippen molar-refractivity contribution in [1.82, 2.24) is 0 Å². The van der Waals surface area contributed by atoms with Crippen LogP contribution in [-0.2, 0) is 4.79 Å². The Bertz CT molecular complexity index is 352. The van der Waals surface area contributed by atoms with E-state index in [9.17, 15) is 4.79 Å². The molecular weight excluding hydrogens is 236 g/mol. The summed E-state index contributed by atoms with van der Waals surface area (Å²) in [4.78, 5) is 13.6. The molecule has 0 spiro atoms. The molecule has 17 heavy (non-hydrogen) atoms. The average Bonchev–Trinajstić information content (AvgIpc) is 2.28. The van der Waals surface area contributed by atoms with Gasteiger partial charge < -0.3 is 10.6 Å². The second-order valence-electron chi connectivity index (χ2n) is 4.34. The fourth-order valence-corrected chi connectivity index (χ4v) is 2.00. The van der Waals surface area contributed by atoms with Gasteiger partial charge in [-0.2, -0.15) is 0 Å². The van der Waals surface area contributed by atoms with Gasteiger partial charge in [0.25, 0.3) is 0 Å². The van der Waals surface area contributed by atoms with Crippen molar-refractivity contribution in [3.05, 3.63) is 30.3 Å². The Labute approximate surface area is 108 Å². The number of benzene rings is 1. The molecule has 1 aliphatic rings. The highest BCUT2D eigenvalue weighted by atomic mass is 35.5. The van der Waals surface area contributed by atoms with Crippen molar-refractivity contribution >= 4 is 24.0 Å². The van der Waals surface area contributed by atoms with Crippen LogP contribution in [0.2, 0.25) is 0 Å². The molecule has 1 aromatic rings. The lowest BCUT2D eigenvalue weighted by molar-refractivity contribution is -0.117. The predicted octanol–water partition coefficient (Wildman–Crippen LogP) is 2.20. The van der Waals surface area contributed by atoms with Gasteiger partial charge in [-0.1, -0.05) is 24.6 Å². The fourth-order valence-electron chi connectivity index (χ4n) is 2.00. The van der Waals surface area contributed by atoms with Crippen LogP contribution in [0.15, 0.2) is 30.3 Å². The highest BCUT2D eigenvalue weighted by molar-refractivity contribution is 5.94. The van der Waals surface area contributed by atoms with E-state index in [4.69, 9.17) is 5.73 Å². The number of rotatable bonds is 4. The first-order valence-electron chi connectivity index (χ1n) is 5.86. The SMILES string of the molecule is Cl.NCC(=O)N(CC1CCC1)c1ccccc1. The van der Waals surface area contributed by atoms with Crippen LogP contribution in [0.5, 0.6) is 0 Å². The van der Waals surface area contributed by atoms with E-state index in [1.165, 1.54) is 19.3 Å². The van der Waals surface area contributed by atoms with Gasteiger partial charge in [-0.25, -0.2) is 0 Å². The minimum atomic E-state index is 0. The summed E-state index contributed by atoms with van der Waals surface area (Å²) in [6.07, 6.45) is 3.77. The van der Waals surface area contributed by atoms with E-state index in [2.05, 4.69) is 0 Å². The van der Waals surface area contributed by atoms with Gasteiger partial charge in [0.1, 0.15) is 0 Å². The second kappa shape index (κ2) is 6.62. The van der Waals surface area contributed by atoms with Gasteiger partial charge in [-0.3, -0.25) is 4.79 Å². The largest absolute Gasteiger partial charge is 0.322 e. The lowest BCUT2D eigenvalue weighted by atomic mass is 9.85. The maximum atomic E-state index is 11.8. The third-order valence-electron chi connectivity index (χ3n) is 3.21. The minimum Gasteiger partial charge on any atom is -0.322 e. The Kier molecular flexibility index (Phi) is 5.45. The number of anilines is 1. The van der Waals surface area contributed by atoms with Crippen molar-refractivity contribution in [3.8, 4) is 0 Å². The molecule has 0 saturated heterocycles. The molecule has 2 N–H and O–H groups in total. The Morgan fingerprint density at radius 1 is 1.29 bits per heavy atom. The lowest BCUT2D eigenvalue weighted by Crippen LogP contribution is -2.40. The van der Waals surface area contributed by atoms with Gasteiger partial charge in [0.15, 0.2) is 0 Å². The zero-order chi connectivity index (χ0) is 11.4. The summed E-state index contributed by atoms with van der Waals surface area (Å²) in [7, 11) is 0. The van der Waals surface area contributed by atoms with Gasteiger partial charge in [0, 0.05) is 12.2 Å². The molecule has 1 aromatic carbocycles. The summed E-state index contributed by atoms with van der Waals surface area (Å²) in [5.41, 5.74) is 6.42. The first-order valence-corrected chi connectivity index (χ1v) is 5.86. The maximum absolute atomic E-state index is 11.8. The van der Waals surface area contributed by atoms with Gasteiger partial charge in [0.05, 0.1) is 6.54 Å². The van der Waals surface area contributed by atoms with Gasteiger partial charge in [0.2, 0.25) is 5.91 Å². The maximum Gasteiger partial charge on any atom is 0.240 e. The van der Waals surface area contributed by atoms with E-state index in [1.54, 1.807) is 0 Å². The molecule has 1 amide bonds. The number of nitrogens with two attached hydrogens (primary N) is 1. The van der Waals surface area contributed by atoms with Crippen LogP contribution in [0.4, 0.5) is 5.69 Å². The lowest BCUT2D eigenvalue weighted by Gasteiger charge is -2.32. The number of para-hydroxylation sites is 1. The van der Waals surface area contributed by atoms with Crippen molar-refractivity contribution < 1.29 is 4.79 Å². The summed E-state index contributed by atoms with van der Waals surface area (Å²) in [5.74, 6) is 0.675. The number of carbonyl (C=O) groups is 1. The molecule has 0 aliphatic heterocycles. The van der Waals surface area contributed by atoms with E-state index < -0.39 is 0 Å². The van der Waals surface area contributed by atoms with Crippen molar-refractivity contribution in [1.29, 1.82) is 0 Å². The van der Waals surface area contributed by atoms with Crippen LogP contribution >= 0.6 is 12.4 Å². The third kappa shape index (κ3) is 3.45. The molecule has 0 atom stereocenters. The van der Waals surface area contributed by atoms with Crippen LogP contribution in [0, 0.1) is 5.92 Å². The number of carbonyl (C=O) groups excluding carboxylic acids is 1. The third-order valence-corrected chi connectivity index (χ3v) is 3.21. The molecule has 2 rings (SSSR count). The average molecular weight is 255 g/mol. The summed E-state index contributed by atoms with van der Waals surface area (Å²) in [6, 6.07) is 9.79. The molecule has 0 unspecified atom stereocenters. The zero-order valence-electron chi connectivity index (χ0n) is 9.84. The van der Waals surface area contributed by atoms with E-state index in [-0.39, 0.29) is 24.9 Å². The van der Waals surface area contributed by atoms with Crippen molar-refractivity contribution in [3.63, 3.8) is 0 Å². The molecule has 3 nitrogen and oxygen atoms in total. The number of halogens is 1. The molecule has 1 aliphatic carbocycles. The van der Waals surface area contributed by atoms with Gasteiger partial charge in [-0.05, 0) is 30.9 Å². The van der Waals surface area contributed by atoms with E-state index >= 15 is 0 Å². The Morgan fingerprint density at radius 3 is 2.41 bits per heavy atom. The van der Waals surface area contributed by atoms with E-state index in [1.807, 2.05) is 35.2 Å². The summed E-state index contributed by atoms with van der Waals surface area (Å²) in [5, 5.41) is 0. The standard InChI is InChI=1S/C13H18N2O.ClH/c14-9-13(16)15(10-11-5-4-6-11)12-7-2-1-3-8-12;/h1-3,7-8,11H,4-6,9-10,14H2;1H. The quantitative estimate of drug-likeness (QED) is 0.896. The molecule has 94 valence electrons. The van der Waals surface area contributed by atoms with Crippen LogP contribution in [0.3, 0.4) is 0 Å². The number of hydrogen-bond acceptors (Lipinski definition) is 2. The van der Waals surface area contributed by atoms with Gasteiger partial charge >= 0.3 is 0 Å². The second-order valence-corrected chi connectivity index (χ2v) is 4.34. The smallest absolute Gasteiger partial charge is 0.240 e. The summed E-state index contributed by atoms with van der Waals surface area (Å²) < 4.78 is 0. The Hall–Kier alpha value is -1.06. The van der Waals surface area contributed by atoms with Crippen molar-refractivity contribution in [2.75, 3.05) is 18.0 Å². The molecule has 0 aromatic heterocycles. The minimum absolute atomic E-state index is 0. The normalized spacial score (nSPS) is 14.6. The van der Waals surface area contributed by atoms with Crippen LogP contribution in [0.1, 0.15) is 19.3 Å². The van der Waals surface area contributed by atoms with E-state index in [0.29, 0.717) is 5.92 Å². The number of nitrogens with zero attached hydrogens (tertiary/aromatic N) is 1. The predicted molar refractivity (Wildman–Crippen MR) is 72.4 cm³/mol. The van der Waals surface area contributed by atoms with Crippen molar-refractivity contribution in [2.24, 2.45) is 11.7 Å². The molecule has 1 fully saturated rings. The van der Waals surface area contributed by atoms with Gasteiger partial charge in [-0.15, -0.1) is 12.4 Å². The Balaban J connectivity index is 0.00000144. The molecule has 1 saturated carbocycles. The number of hydrogen-bond donors (Lipinski definition) is 1. The molecule has 4 heteroatoms. The zero-order valence-corrected chi connectivity index (χ0v) is 10.7. The number of amides is 1. The monoisotopic (exact) mass is 254 g/mol. The van der Waals surface area contributed by atoms with Crippen LogP contribution < -0.4 is 10.6 Å². The van der Waals surface area contributed by atoms with Crippen LogP contribution in [0.25, 0.3) is 0 Å². The van der Waals surface area contributed by atoms with Crippen LogP contribution in [-0.4, -0.2) is 19.0 Å². The fraction of sp³-hybridized carbons (Fsp3) is 0.462. The highest BCUT2D eigenvalue weighted by Crippen LogP contribution is 2.28. The summed E-state index contributed by atoms with van der Waals surface area (Å²) >= 11 is 0. The molecule has 0 heterocycles. The summed E-state index contributed by atoms with van der Waals surface area (Å²) in [6.45, 7) is 0.904. The molecule has 0 bridgehead atoms. The highest BCUT2D eigenvalue weighted by Gasteiger charge is 2.23. The first-order chi connectivity index (χ1) is 7.81. The molecule has 0 radical (unpaired) electrons. The van der Waals surface area contributed by atoms with E-state index in [0.717, 1.165) is 12.2 Å².